The van der Waals surface area contributed by atoms with Crippen LogP contribution in [0.2, 0.25) is 23.2 Å². The summed E-state index contributed by atoms with van der Waals surface area (Å²) >= 11 is 5.84. The number of carbonyl (C=O) groups is 1. The molecule has 0 aromatic heterocycles. The quantitative estimate of drug-likeness (QED) is 0.492. The Labute approximate surface area is 145 Å². The van der Waals surface area contributed by atoms with Gasteiger partial charge in [0.05, 0.1) is 5.56 Å². The summed E-state index contributed by atoms with van der Waals surface area (Å²) in [7, 11) is -1.67. The van der Waals surface area contributed by atoms with Gasteiger partial charge in [-0.2, -0.15) is 0 Å². The highest BCUT2D eigenvalue weighted by atomic mass is 35.5. The smallest absolute Gasteiger partial charge is 0.337 e. The number of nitrogens with one attached hydrogen (secondary N) is 1. The molecule has 1 aromatic rings. The van der Waals surface area contributed by atoms with Gasteiger partial charge in [-0.3, -0.25) is 0 Å². The minimum Gasteiger partial charge on any atom is -0.478 e. The van der Waals surface area contributed by atoms with Crippen LogP contribution in [0.1, 0.15) is 44.0 Å². The highest BCUT2D eigenvalue weighted by Gasteiger charge is 2.36. The van der Waals surface area contributed by atoms with Crippen LogP contribution in [0.15, 0.2) is 18.2 Å². The number of carboxylic acids is 1. The van der Waals surface area contributed by atoms with Gasteiger partial charge in [-0.05, 0) is 49.2 Å². The van der Waals surface area contributed by atoms with Gasteiger partial charge in [-0.1, -0.05) is 32.4 Å². The number of hydrogen-bond acceptors (Lipinski definition) is 3. The van der Waals surface area contributed by atoms with Gasteiger partial charge in [0.1, 0.15) is 0 Å². The van der Waals surface area contributed by atoms with Gasteiger partial charge in [0.2, 0.25) is 0 Å². The van der Waals surface area contributed by atoms with E-state index in [9.17, 15) is 9.90 Å². The molecular formula is C17H28ClNO3Si. The van der Waals surface area contributed by atoms with Crippen molar-refractivity contribution in [3.05, 3.63) is 28.8 Å². The molecule has 23 heavy (non-hydrogen) atoms. The maximum Gasteiger partial charge on any atom is 0.337 e. The Morgan fingerprint density at radius 3 is 2.52 bits per heavy atom. The largest absolute Gasteiger partial charge is 0.478 e. The molecule has 0 saturated carbocycles. The molecule has 0 fully saturated rings. The van der Waals surface area contributed by atoms with E-state index >= 15 is 0 Å². The normalized spacial score (nSPS) is 12.3. The number of unbranched alkanes of at least 4 members (excludes halogenated alkanes) is 1. The molecule has 0 aliphatic carbocycles. The zero-order valence-corrected chi connectivity index (χ0v) is 16.5. The number of benzene rings is 1. The Hall–Kier alpha value is -1.04. The van der Waals surface area contributed by atoms with Crippen molar-refractivity contribution in [1.82, 2.24) is 0 Å². The fourth-order valence-electron chi connectivity index (χ4n) is 1.84. The van der Waals surface area contributed by atoms with Crippen molar-refractivity contribution < 1.29 is 14.3 Å². The molecule has 4 nitrogen and oxygen atoms in total. The molecule has 2 N–H and O–H groups in total. The van der Waals surface area contributed by atoms with Crippen LogP contribution in [0.3, 0.4) is 0 Å². The Kier molecular flexibility index (Phi) is 7.11. The maximum absolute atomic E-state index is 11.2. The van der Waals surface area contributed by atoms with E-state index < -0.39 is 14.3 Å². The number of halogens is 1. The zero-order valence-electron chi connectivity index (χ0n) is 14.7. The molecule has 0 spiro atoms. The molecule has 0 amide bonds. The van der Waals surface area contributed by atoms with Gasteiger partial charge in [0.25, 0.3) is 0 Å². The summed E-state index contributed by atoms with van der Waals surface area (Å²) < 4.78 is 6.12. The van der Waals surface area contributed by atoms with Crippen LogP contribution in [-0.4, -0.2) is 32.5 Å². The molecule has 0 aliphatic rings. The third-order valence-electron chi connectivity index (χ3n) is 4.37. The Bertz CT molecular complexity index is 541. The van der Waals surface area contributed by atoms with Gasteiger partial charge in [0, 0.05) is 23.9 Å². The molecule has 1 rings (SSSR count). The van der Waals surface area contributed by atoms with Crippen molar-refractivity contribution in [3.8, 4) is 0 Å². The van der Waals surface area contributed by atoms with Crippen molar-refractivity contribution in [2.45, 2.75) is 51.7 Å². The summed E-state index contributed by atoms with van der Waals surface area (Å²) in [5.74, 6) is -0.976. The lowest BCUT2D eigenvalue weighted by molar-refractivity contribution is 0.0698. The highest BCUT2D eigenvalue weighted by Crippen LogP contribution is 2.36. The first-order valence-electron chi connectivity index (χ1n) is 7.95. The van der Waals surface area contributed by atoms with E-state index in [2.05, 4.69) is 39.2 Å². The van der Waals surface area contributed by atoms with Crippen LogP contribution in [0.25, 0.3) is 0 Å². The first-order valence-corrected chi connectivity index (χ1v) is 11.2. The van der Waals surface area contributed by atoms with Gasteiger partial charge >= 0.3 is 5.97 Å². The molecule has 6 heteroatoms. The van der Waals surface area contributed by atoms with E-state index in [-0.39, 0.29) is 10.6 Å². The van der Waals surface area contributed by atoms with Gasteiger partial charge in [0.15, 0.2) is 8.32 Å². The lowest BCUT2D eigenvalue weighted by Gasteiger charge is -2.36. The number of aromatic carboxylic acids is 1. The first kappa shape index (κ1) is 20.0. The van der Waals surface area contributed by atoms with Crippen LogP contribution in [0.5, 0.6) is 0 Å². The molecule has 0 radical (unpaired) electrons. The molecule has 130 valence electrons. The van der Waals surface area contributed by atoms with E-state index in [1.165, 1.54) is 6.07 Å². The summed E-state index contributed by atoms with van der Waals surface area (Å²) in [6.07, 6.45) is 1.88. The maximum atomic E-state index is 11.2. The number of anilines is 1. The topological polar surface area (TPSA) is 58.6 Å². The SMILES string of the molecule is CC(C)(C)[Si](C)(C)OCCCCNc1ccc(Cl)cc1C(=O)O. The fourth-order valence-corrected chi connectivity index (χ4v) is 3.10. The van der Waals surface area contributed by atoms with Crippen LogP contribution in [0.4, 0.5) is 5.69 Å². The highest BCUT2D eigenvalue weighted by molar-refractivity contribution is 6.74. The molecule has 0 unspecified atom stereocenters. The second kappa shape index (κ2) is 8.17. The standard InChI is InChI=1S/C17H28ClNO3Si/c1-17(2,3)23(4,5)22-11-7-6-10-19-15-9-8-13(18)12-14(15)16(20)21/h8-9,12,19H,6-7,10-11H2,1-5H3,(H,20,21). The van der Waals surface area contributed by atoms with E-state index in [1.54, 1.807) is 12.1 Å². The molecule has 0 heterocycles. The van der Waals surface area contributed by atoms with E-state index in [0.717, 1.165) is 19.4 Å². The second-order valence-corrected chi connectivity index (χ2v) is 12.5. The molecule has 0 saturated heterocycles. The summed E-state index contributed by atoms with van der Waals surface area (Å²) in [6, 6.07) is 4.86. The molecule has 0 atom stereocenters. The predicted octanol–water partition coefficient (Wildman–Crippen LogP) is 5.25. The van der Waals surface area contributed by atoms with Crippen LogP contribution < -0.4 is 5.32 Å². The van der Waals surface area contributed by atoms with E-state index in [0.29, 0.717) is 17.3 Å². The van der Waals surface area contributed by atoms with Crippen LogP contribution in [-0.2, 0) is 4.43 Å². The zero-order chi connectivity index (χ0) is 17.7. The molecule has 1 aromatic carbocycles. The summed E-state index contributed by atoms with van der Waals surface area (Å²) in [6.45, 7) is 12.7. The van der Waals surface area contributed by atoms with E-state index in [1.807, 2.05) is 0 Å². The lowest BCUT2D eigenvalue weighted by atomic mass is 10.1. The number of hydrogen-bond donors (Lipinski definition) is 2. The van der Waals surface area contributed by atoms with Crippen molar-refractivity contribution in [2.24, 2.45) is 0 Å². The van der Waals surface area contributed by atoms with Crippen molar-refractivity contribution in [1.29, 1.82) is 0 Å². The lowest BCUT2D eigenvalue weighted by Crippen LogP contribution is -2.41. The Balaban J connectivity index is 2.38. The van der Waals surface area contributed by atoms with Crippen LogP contribution in [0, 0.1) is 0 Å². The van der Waals surface area contributed by atoms with Gasteiger partial charge in [-0.25, -0.2) is 4.79 Å². The average Bonchev–Trinajstić information content (AvgIpc) is 2.42. The predicted molar refractivity (Wildman–Crippen MR) is 99.3 cm³/mol. The van der Waals surface area contributed by atoms with Crippen molar-refractivity contribution in [2.75, 3.05) is 18.5 Å². The van der Waals surface area contributed by atoms with Gasteiger partial charge < -0.3 is 14.8 Å². The molecule has 0 aliphatic heterocycles. The minimum atomic E-state index is -1.67. The van der Waals surface area contributed by atoms with Crippen molar-refractivity contribution in [3.63, 3.8) is 0 Å². The number of carboxylic acid groups (broad SMARTS) is 1. The number of rotatable bonds is 8. The fraction of sp³-hybridized carbons (Fsp3) is 0.588. The second-order valence-electron chi connectivity index (χ2n) is 7.24. The Morgan fingerprint density at radius 2 is 1.96 bits per heavy atom. The summed E-state index contributed by atoms with van der Waals surface area (Å²) in [5, 5.41) is 13.0. The first-order chi connectivity index (χ1) is 10.5. The monoisotopic (exact) mass is 357 g/mol. The van der Waals surface area contributed by atoms with Crippen molar-refractivity contribution >= 4 is 31.6 Å². The van der Waals surface area contributed by atoms with E-state index in [4.69, 9.17) is 16.0 Å². The molecule has 0 bridgehead atoms. The average molecular weight is 358 g/mol. The Morgan fingerprint density at radius 1 is 1.30 bits per heavy atom. The summed E-state index contributed by atoms with van der Waals surface area (Å²) in [4.78, 5) is 11.2. The third kappa shape index (κ3) is 6.16. The summed E-state index contributed by atoms with van der Waals surface area (Å²) in [5.41, 5.74) is 0.808. The van der Waals surface area contributed by atoms with Gasteiger partial charge in [-0.15, -0.1) is 0 Å². The molecular weight excluding hydrogens is 330 g/mol. The minimum absolute atomic E-state index is 0.204. The van der Waals surface area contributed by atoms with Crippen LogP contribution >= 0.6 is 11.6 Å². The third-order valence-corrected chi connectivity index (χ3v) is 9.14.